The van der Waals surface area contributed by atoms with Gasteiger partial charge in [-0.3, -0.25) is 5.32 Å². The Hall–Kier alpha value is -3.02. The second-order valence-electron chi connectivity index (χ2n) is 5.44. The van der Waals surface area contributed by atoms with Crippen molar-refractivity contribution in [3.05, 3.63) is 42.2 Å². The maximum absolute atomic E-state index is 13.1. The Labute approximate surface area is 155 Å². The number of ether oxygens (including phenoxy) is 1. The zero-order valence-corrected chi connectivity index (χ0v) is 14.4. The lowest BCUT2D eigenvalue weighted by Crippen LogP contribution is -2.45. The summed E-state index contributed by atoms with van der Waals surface area (Å²) in [5.74, 6) is -2.39. The summed E-state index contributed by atoms with van der Waals surface area (Å²) < 4.78 is 68.4. The SMILES string of the molecule is CCN(C[C@@H](O)C(F)(F)F)C(=O)Nc1cnc(Oc2ccc(F)c(F)c2)cn1. The summed E-state index contributed by atoms with van der Waals surface area (Å²) in [6.07, 6.45) is -5.42. The van der Waals surface area contributed by atoms with E-state index in [9.17, 15) is 26.7 Å². The number of carbonyl (C=O) groups excluding carboxylic acids is 1. The Morgan fingerprint density at radius 1 is 1.25 bits per heavy atom. The van der Waals surface area contributed by atoms with Gasteiger partial charge < -0.3 is 14.7 Å². The number of hydrogen-bond acceptors (Lipinski definition) is 5. The molecule has 2 rings (SSSR count). The standard InChI is InChI=1S/C16H15F5N4O3/c1-2-25(8-12(26)16(19,20)21)15(27)24-13-6-23-14(7-22-13)28-9-3-4-10(17)11(18)5-9/h3-7,12,26H,2,8H2,1H3,(H,22,24,27)/t12-/m1/s1. The molecule has 0 unspecified atom stereocenters. The normalized spacial score (nSPS) is 12.4. The number of aromatic nitrogens is 2. The number of urea groups is 1. The van der Waals surface area contributed by atoms with Crippen LogP contribution in [0.5, 0.6) is 11.6 Å². The first-order valence-electron chi connectivity index (χ1n) is 7.85. The van der Waals surface area contributed by atoms with Crippen molar-refractivity contribution in [2.75, 3.05) is 18.4 Å². The fourth-order valence-electron chi connectivity index (χ4n) is 1.95. The largest absolute Gasteiger partial charge is 0.437 e. The van der Waals surface area contributed by atoms with Crippen LogP contribution in [0.3, 0.4) is 0 Å². The van der Waals surface area contributed by atoms with E-state index < -0.39 is 36.5 Å². The van der Waals surface area contributed by atoms with Crippen LogP contribution >= 0.6 is 0 Å². The Morgan fingerprint density at radius 3 is 2.50 bits per heavy atom. The van der Waals surface area contributed by atoms with Gasteiger partial charge in [0.2, 0.25) is 5.88 Å². The van der Waals surface area contributed by atoms with E-state index >= 15 is 0 Å². The summed E-state index contributed by atoms with van der Waals surface area (Å²) in [5.41, 5.74) is 0. The highest BCUT2D eigenvalue weighted by atomic mass is 19.4. The monoisotopic (exact) mass is 406 g/mol. The number of halogens is 5. The summed E-state index contributed by atoms with van der Waals surface area (Å²) in [6, 6.07) is 1.91. The van der Waals surface area contributed by atoms with Crippen LogP contribution in [0.25, 0.3) is 0 Å². The zero-order chi connectivity index (χ0) is 20.9. The van der Waals surface area contributed by atoms with Crippen LogP contribution in [-0.4, -0.2) is 51.4 Å². The van der Waals surface area contributed by atoms with Crippen molar-refractivity contribution in [3.63, 3.8) is 0 Å². The van der Waals surface area contributed by atoms with Gasteiger partial charge in [-0.1, -0.05) is 0 Å². The number of nitrogens with one attached hydrogen (secondary N) is 1. The number of anilines is 1. The molecule has 28 heavy (non-hydrogen) atoms. The molecule has 0 aliphatic carbocycles. The molecule has 0 saturated heterocycles. The number of rotatable bonds is 6. The van der Waals surface area contributed by atoms with Crippen molar-refractivity contribution >= 4 is 11.8 Å². The van der Waals surface area contributed by atoms with E-state index in [1.807, 2.05) is 0 Å². The molecule has 1 atom stereocenters. The van der Waals surface area contributed by atoms with E-state index in [2.05, 4.69) is 15.3 Å². The molecule has 0 radical (unpaired) electrons. The number of nitrogens with zero attached hydrogens (tertiary/aromatic N) is 3. The fraction of sp³-hybridized carbons (Fsp3) is 0.312. The lowest BCUT2D eigenvalue weighted by atomic mass is 10.3. The zero-order valence-electron chi connectivity index (χ0n) is 14.4. The van der Waals surface area contributed by atoms with E-state index in [1.165, 1.54) is 13.0 Å². The quantitative estimate of drug-likeness (QED) is 0.719. The minimum absolute atomic E-state index is 0.0386. The average Bonchev–Trinajstić information content (AvgIpc) is 2.63. The molecule has 7 nitrogen and oxygen atoms in total. The van der Waals surface area contributed by atoms with Gasteiger partial charge in [0.05, 0.1) is 18.9 Å². The molecule has 0 bridgehead atoms. The molecular weight excluding hydrogens is 391 g/mol. The van der Waals surface area contributed by atoms with Gasteiger partial charge in [0.15, 0.2) is 23.6 Å². The Morgan fingerprint density at radius 2 is 1.96 bits per heavy atom. The van der Waals surface area contributed by atoms with Crippen molar-refractivity contribution in [1.29, 1.82) is 0 Å². The smallest absolute Gasteiger partial charge is 0.416 e. The highest BCUT2D eigenvalue weighted by Gasteiger charge is 2.39. The molecule has 0 saturated carbocycles. The van der Waals surface area contributed by atoms with Gasteiger partial charge in [-0.05, 0) is 19.1 Å². The summed E-state index contributed by atoms with van der Waals surface area (Å²) >= 11 is 0. The molecular formula is C16H15F5N4O3. The van der Waals surface area contributed by atoms with Crippen molar-refractivity contribution < 1.29 is 36.6 Å². The van der Waals surface area contributed by atoms with Crippen LogP contribution in [0.4, 0.5) is 32.6 Å². The van der Waals surface area contributed by atoms with Crippen LogP contribution in [0.2, 0.25) is 0 Å². The third kappa shape index (κ3) is 5.74. The summed E-state index contributed by atoms with van der Waals surface area (Å²) in [4.78, 5) is 20.4. The number of amides is 2. The van der Waals surface area contributed by atoms with Crippen LogP contribution in [0.1, 0.15) is 6.92 Å². The molecule has 1 aromatic carbocycles. The number of alkyl halides is 3. The fourth-order valence-corrected chi connectivity index (χ4v) is 1.95. The molecule has 2 amide bonds. The highest BCUT2D eigenvalue weighted by Crippen LogP contribution is 2.22. The Kier molecular flexibility index (Phi) is 6.67. The first-order valence-corrected chi connectivity index (χ1v) is 7.85. The van der Waals surface area contributed by atoms with Gasteiger partial charge in [-0.25, -0.2) is 23.5 Å². The summed E-state index contributed by atoms with van der Waals surface area (Å²) in [5, 5.41) is 11.3. The van der Waals surface area contributed by atoms with Crippen LogP contribution in [0, 0.1) is 11.6 Å². The first kappa shape index (κ1) is 21.3. The molecule has 1 heterocycles. The highest BCUT2D eigenvalue weighted by molar-refractivity contribution is 5.88. The van der Waals surface area contributed by atoms with Gasteiger partial charge in [0.25, 0.3) is 0 Å². The Balaban J connectivity index is 1.98. The van der Waals surface area contributed by atoms with E-state index in [0.29, 0.717) is 0 Å². The number of benzene rings is 1. The summed E-state index contributed by atoms with van der Waals surface area (Å²) in [6.45, 7) is 0.396. The third-order valence-electron chi connectivity index (χ3n) is 3.42. The van der Waals surface area contributed by atoms with Crippen LogP contribution in [-0.2, 0) is 0 Å². The first-order chi connectivity index (χ1) is 13.1. The molecule has 12 heteroatoms. The van der Waals surface area contributed by atoms with Gasteiger partial charge >= 0.3 is 12.2 Å². The van der Waals surface area contributed by atoms with Crippen molar-refractivity contribution in [1.82, 2.24) is 14.9 Å². The maximum atomic E-state index is 13.1. The topological polar surface area (TPSA) is 87.6 Å². The number of aliphatic hydroxyl groups excluding tert-OH is 1. The third-order valence-corrected chi connectivity index (χ3v) is 3.42. The van der Waals surface area contributed by atoms with E-state index in [0.717, 1.165) is 29.4 Å². The van der Waals surface area contributed by atoms with Crippen molar-refractivity contribution in [2.45, 2.75) is 19.2 Å². The maximum Gasteiger partial charge on any atom is 0.416 e. The number of aliphatic hydroxyl groups is 1. The Bertz CT molecular complexity index is 817. The molecule has 2 N–H and O–H groups in total. The molecule has 2 aromatic rings. The minimum Gasteiger partial charge on any atom is -0.437 e. The van der Waals surface area contributed by atoms with Gasteiger partial charge in [-0.15, -0.1) is 0 Å². The lowest BCUT2D eigenvalue weighted by Gasteiger charge is -2.25. The van der Waals surface area contributed by atoms with Gasteiger partial charge in [-0.2, -0.15) is 13.2 Å². The molecule has 152 valence electrons. The molecule has 0 fully saturated rings. The molecule has 0 aliphatic heterocycles. The van der Waals surface area contributed by atoms with Gasteiger partial charge in [0.1, 0.15) is 5.75 Å². The van der Waals surface area contributed by atoms with Crippen molar-refractivity contribution in [3.8, 4) is 11.6 Å². The van der Waals surface area contributed by atoms with Crippen LogP contribution in [0.15, 0.2) is 30.6 Å². The van der Waals surface area contributed by atoms with Crippen molar-refractivity contribution in [2.24, 2.45) is 0 Å². The molecule has 1 aromatic heterocycles. The van der Waals surface area contributed by atoms with E-state index in [4.69, 9.17) is 9.84 Å². The van der Waals surface area contributed by atoms with Gasteiger partial charge in [0, 0.05) is 12.6 Å². The lowest BCUT2D eigenvalue weighted by molar-refractivity contribution is -0.206. The predicted molar refractivity (Wildman–Crippen MR) is 86.8 cm³/mol. The second-order valence-corrected chi connectivity index (χ2v) is 5.44. The summed E-state index contributed by atoms with van der Waals surface area (Å²) in [7, 11) is 0. The molecule has 0 spiro atoms. The predicted octanol–water partition coefficient (Wildman–Crippen LogP) is 3.32. The number of carbonyl (C=O) groups is 1. The van der Waals surface area contributed by atoms with Crippen LogP contribution < -0.4 is 10.1 Å². The van der Waals surface area contributed by atoms with E-state index in [1.54, 1.807) is 0 Å². The molecule has 0 aliphatic rings. The average molecular weight is 406 g/mol. The van der Waals surface area contributed by atoms with E-state index in [-0.39, 0.29) is 24.0 Å². The number of likely N-dealkylation sites (N-methyl/N-ethyl adjacent to an activating group) is 1. The number of hydrogen-bond donors (Lipinski definition) is 2. The second kappa shape index (κ2) is 8.78. The minimum atomic E-state index is -4.85.